The van der Waals surface area contributed by atoms with Gasteiger partial charge in [0, 0.05) is 15.7 Å². The quantitative estimate of drug-likeness (QED) is 0.619. The summed E-state index contributed by atoms with van der Waals surface area (Å²) >= 11 is 8.44. The molecule has 118 valence electrons. The number of methoxy groups -OCH3 is 1. The van der Waals surface area contributed by atoms with Crippen molar-refractivity contribution >= 4 is 50.8 Å². The van der Waals surface area contributed by atoms with Crippen molar-refractivity contribution in [2.45, 2.75) is 0 Å². The fourth-order valence-corrected chi connectivity index (χ4v) is 2.22. The van der Waals surface area contributed by atoms with E-state index in [1.54, 1.807) is 0 Å². The van der Waals surface area contributed by atoms with Crippen molar-refractivity contribution in [3.8, 4) is 0 Å². The molecular weight excluding hydrogens is 380 g/mol. The Bertz CT molecular complexity index is 730. The van der Waals surface area contributed by atoms with Gasteiger partial charge in [0.05, 0.1) is 12.7 Å². The largest absolute Gasteiger partial charge is 0.465 e. The molecule has 2 aromatic rings. The number of carbonyl (C=O) groups is 2. The van der Waals surface area contributed by atoms with Crippen molar-refractivity contribution in [2.75, 3.05) is 12.4 Å². The standard InChI is InChI=1S/C16H13BrN2O3S/c1-22-15(21)11-4-2-10(3-5-11)14(20)19-16(23)18-13-8-6-12(17)7-9-13/h2-9H,1H3,(H2,18,19,20,23). The maximum absolute atomic E-state index is 12.1. The van der Waals surface area contributed by atoms with Crippen LogP contribution in [0.15, 0.2) is 53.0 Å². The summed E-state index contributed by atoms with van der Waals surface area (Å²) in [7, 11) is 1.30. The average Bonchev–Trinajstić information content (AvgIpc) is 2.56. The molecule has 0 heterocycles. The van der Waals surface area contributed by atoms with Crippen LogP contribution in [-0.4, -0.2) is 24.1 Å². The summed E-state index contributed by atoms with van der Waals surface area (Å²) in [6, 6.07) is 13.5. The zero-order valence-electron chi connectivity index (χ0n) is 12.1. The second-order valence-corrected chi connectivity index (χ2v) is 5.81. The minimum atomic E-state index is -0.454. The number of anilines is 1. The highest BCUT2D eigenvalue weighted by atomic mass is 79.9. The van der Waals surface area contributed by atoms with Crippen molar-refractivity contribution in [3.63, 3.8) is 0 Å². The van der Waals surface area contributed by atoms with Crippen LogP contribution >= 0.6 is 28.1 Å². The molecule has 0 fully saturated rings. The van der Waals surface area contributed by atoms with Crippen LogP contribution in [0, 0.1) is 0 Å². The Balaban J connectivity index is 1.96. The van der Waals surface area contributed by atoms with Crippen LogP contribution in [0.3, 0.4) is 0 Å². The maximum atomic E-state index is 12.1. The van der Waals surface area contributed by atoms with Crippen LogP contribution in [0.5, 0.6) is 0 Å². The third kappa shape index (κ3) is 4.87. The molecule has 0 atom stereocenters. The lowest BCUT2D eigenvalue weighted by Crippen LogP contribution is -2.34. The lowest BCUT2D eigenvalue weighted by atomic mass is 10.1. The number of esters is 1. The van der Waals surface area contributed by atoms with Gasteiger partial charge in [-0.2, -0.15) is 0 Å². The molecule has 0 bridgehead atoms. The normalized spacial score (nSPS) is 9.83. The Hall–Kier alpha value is -2.25. The van der Waals surface area contributed by atoms with E-state index >= 15 is 0 Å². The van der Waals surface area contributed by atoms with Gasteiger partial charge in [-0.1, -0.05) is 15.9 Å². The summed E-state index contributed by atoms with van der Waals surface area (Å²) < 4.78 is 5.55. The number of halogens is 1. The van der Waals surface area contributed by atoms with Crippen molar-refractivity contribution in [3.05, 3.63) is 64.1 Å². The van der Waals surface area contributed by atoms with Gasteiger partial charge in [-0.25, -0.2) is 4.79 Å². The molecule has 0 aliphatic rings. The average molecular weight is 393 g/mol. The monoisotopic (exact) mass is 392 g/mol. The number of carbonyl (C=O) groups excluding carboxylic acids is 2. The third-order valence-corrected chi connectivity index (χ3v) is 3.63. The second kappa shape index (κ2) is 7.85. The summed E-state index contributed by atoms with van der Waals surface area (Å²) in [5, 5.41) is 5.68. The SMILES string of the molecule is COC(=O)c1ccc(C(=O)NC(=S)Nc2ccc(Br)cc2)cc1. The molecule has 0 aliphatic carbocycles. The molecule has 0 spiro atoms. The van der Waals surface area contributed by atoms with E-state index in [4.69, 9.17) is 12.2 Å². The Morgan fingerprint density at radius 2 is 1.57 bits per heavy atom. The molecule has 0 aromatic heterocycles. The topological polar surface area (TPSA) is 67.4 Å². The van der Waals surface area contributed by atoms with Gasteiger partial charge in [0.15, 0.2) is 5.11 Å². The summed E-state index contributed by atoms with van der Waals surface area (Å²) in [5.74, 6) is -0.819. The highest BCUT2D eigenvalue weighted by Crippen LogP contribution is 2.14. The Labute approximate surface area is 147 Å². The molecule has 5 nitrogen and oxygen atoms in total. The van der Waals surface area contributed by atoms with Gasteiger partial charge in [0.2, 0.25) is 0 Å². The number of hydrogen-bond acceptors (Lipinski definition) is 4. The predicted octanol–water partition coefficient (Wildman–Crippen LogP) is 3.36. The van der Waals surface area contributed by atoms with Crippen LogP contribution in [0.4, 0.5) is 5.69 Å². The highest BCUT2D eigenvalue weighted by Gasteiger charge is 2.10. The number of rotatable bonds is 3. The van der Waals surface area contributed by atoms with Crippen molar-refractivity contribution in [1.82, 2.24) is 5.32 Å². The van der Waals surface area contributed by atoms with Crippen LogP contribution in [0.2, 0.25) is 0 Å². The highest BCUT2D eigenvalue weighted by molar-refractivity contribution is 9.10. The van der Waals surface area contributed by atoms with Crippen molar-refractivity contribution in [1.29, 1.82) is 0 Å². The molecule has 2 N–H and O–H groups in total. The lowest BCUT2D eigenvalue weighted by Gasteiger charge is -2.10. The third-order valence-electron chi connectivity index (χ3n) is 2.90. The molecule has 0 unspecified atom stereocenters. The van der Waals surface area contributed by atoms with E-state index in [2.05, 4.69) is 31.3 Å². The van der Waals surface area contributed by atoms with Crippen molar-refractivity contribution < 1.29 is 14.3 Å². The first kappa shape index (κ1) is 17.1. The van der Waals surface area contributed by atoms with Gasteiger partial charge in [-0.05, 0) is 60.7 Å². The van der Waals surface area contributed by atoms with Crippen LogP contribution < -0.4 is 10.6 Å². The number of benzene rings is 2. The van der Waals surface area contributed by atoms with Crippen LogP contribution in [0.1, 0.15) is 20.7 Å². The fourth-order valence-electron chi connectivity index (χ4n) is 1.75. The zero-order valence-corrected chi connectivity index (χ0v) is 14.5. The Morgan fingerprint density at radius 3 is 2.13 bits per heavy atom. The van der Waals surface area contributed by atoms with E-state index in [1.165, 1.54) is 31.4 Å². The van der Waals surface area contributed by atoms with Gasteiger partial charge in [0.25, 0.3) is 5.91 Å². The minimum Gasteiger partial charge on any atom is -0.465 e. The smallest absolute Gasteiger partial charge is 0.337 e. The van der Waals surface area contributed by atoms with E-state index in [9.17, 15) is 9.59 Å². The molecule has 0 saturated carbocycles. The summed E-state index contributed by atoms with van der Waals surface area (Å²) in [6.45, 7) is 0. The van der Waals surface area contributed by atoms with Gasteiger partial charge in [-0.3, -0.25) is 10.1 Å². The summed E-state index contributed by atoms with van der Waals surface area (Å²) in [4.78, 5) is 23.4. The van der Waals surface area contributed by atoms with E-state index in [0.717, 1.165) is 10.2 Å². The molecule has 7 heteroatoms. The molecule has 23 heavy (non-hydrogen) atoms. The van der Waals surface area contributed by atoms with Gasteiger partial charge < -0.3 is 10.1 Å². The van der Waals surface area contributed by atoms with E-state index < -0.39 is 5.97 Å². The lowest BCUT2D eigenvalue weighted by molar-refractivity contribution is 0.0600. The fraction of sp³-hybridized carbons (Fsp3) is 0.0625. The molecule has 1 amide bonds. The van der Waals surface area contributed by atoms with Gasteiger partial charge in [0.1, 0.15) is 0 Å². The Kier molecular flexibility index (Phi) is 5.84. The predicted molar refractivity (Wildman–Crippen MR) is 95.6 cm³/mol. The molecule has 2 aromatic carbocycles. The minimum absolute atomic E-state index is 0.189. The number of thiocarbonyl (C=S) groups is 1. The maximum Gasteiger partial charge on any atom is 0.337 e. The van der Waals surface area contributed by atoms with Gasteiger partial charge in [-0.15, -0.1) is 0 Å². The number of hydrogen-bond donors (Lipinski definition) is 2. The molecule has 0 aliphatic heterocycles. The first-order valence-corrected chi connectivity index (χ1v) is 7.76. The van der Waals surface area contributed by atoms with Crippen LogP contribution in [-0.2, 0) is 4.74 Å². The second-order valence-electron chi connectivity index (χ2n) is 4.48. The van der Waals surface area contributed by atoms with Gasteiger partial charge >= 0.3 is 5.97 Å². The molecule has 0 radical (unpaired) electrons. The Morgan fingerprint density at radius 1 is 1.00 bits per heavy atom. The first-order chi connectivity index (χ1) is 11.0. The van der Waals surface area contributed by atoms with E-state index in [-0.39, 0.29) is 11.0 Å². The number of ether oxygens (including phenoxy) is 1. The van der Waals surface area contributed by atoms with Crippen molar-refractivity contribution in [2.24, 2.45) is 0 Å². The summed E-state index contributed by atoms with van der Waals surface area (Å²) in [6.07, 6.45) is 0. The van der Waals surface area contributed by atoms with E-state index in [0.29, 0.717) is 11.1 Å². The van der Waals surface area contributed by atoms with Crippen LogP contribution in [0.25, 0.3) is 0 Å². The number of nitrogens with one attached hydrogen (secondary N) is 2. The van der Waals surface area contributed by atoms with E-state index in [1.807, 2.05) is 24.3 Å². The zero-order chi connectivity index (χ0) is 16.8. The first-order valence-electron chi connectivity index (χ1n) is 6.56. The molecule has 0 saturated heterocycles. The molecule has 2 rings (SSSR count). The number of amides is 1. The summed E-state index contributed by atoms with van der Waals surface area (Å²) in [5.41, 5.74) is 1.52. The molecular formula is C16H13BrN2O3S.